The molecule has 5 heteroatoms. The fourth-order valence-corrected chi connectivity index (χ4v) is 6.81. The lowest BCUT2D eigenvalue weighted by atomic mass is 9.93. The minimum Gasteiger partial charge on any atom is -0.411 e. The molecule has 0 amide bonds. The van der Waals surface area contributed by atoms with E-state index in [2.05, 4.69) is 67.7 Å². The van der Waals surface area contributed by atoms with Crippen molar-refractivity contribution in [1.29, 1.82) is 0 Å². The van der Waals surface area contributed by atoms with E-state index < -0.39 is 16.6 Å². The van der Waals surface area contributed by atoms with Gasteiger partial charge in [0.15, 0.2) is 16.6 Å². The molecule has 2 saturated carbocycles. The highest BCUT2D eigenvalue weighted by Gasteiger charge is 2.62. The van der Waals surface area contributed by atoms with E-state index in [9.17, 15) is 4.79 Å². The maximum atomic E-state index is 12.6. The van der Waals surface area contributed by atoms with Gasteiger partial charge >= 0.3 is 0 Å². The molecule has 0 aliphatic heterocycles. The standard InChI is InChI=1S/C20H40O3Si2/c1-18(2,3)24(7,8)22-17-12-11-15-16(21)13-14-20(15,17)23-25(9,10)19(4,5)6/h15,17H,11-14H2,1-10H3/t15-,17-,20-/m0/s1. The van der Waals surface area contributed by atoms with Gasteiger partial charge in [0.25, 0.3) is 0 Å². The van der Waals surface area contributed by atoms with Crippen LogP contribution in [0.25, 0.3) is 0 Å². The fraction of sp³-hybridized carbons (Fsp3) is 0.950. The monoisotopic (exact) mass is 384 g/mol. The van der Waals surface area contributed by atoms with Crippen LogP contribution in [0.3, 0.4) is 0 Å². The van der Waals surface area contributed by atoms with Crippen LogP contribution in [0, 0.1) is 5.92 Å². The van der Waals surface area contributed by atoms with Crippen molar-refractivity contribution in [1.82, 2.24) is 0 Å². The molecular weight excluding hydrogens is 344 g/mol. The summed E-state index contributed by atoms with van der Waals surface area (Å²) in [5.41, 5.74) is -0.365. The van der Waals surface area contributed by atoms with E-state index in [1.54, 1.807) is 0 Å². The topological polar surface area (TPSA) is 35.5 Å². The minimum atomic E-state index is -1.97. The van der Waals surface area contributed by atoms with Gasteiger partial charge in [0, 0.05) is 12.3 Å². The van der Waals surface area contributed by atoms with Crippen molar-refractivity contribution in [2.75, 3.05) is 0 Å². The van der Waals surface area contributed by atoms with Gasteiger partial charge in [-0.15, -0.1) is 0 Å². The molecule has 2 rings (SSSR count). The molecule has 0 heterocycles. The van der Waals surface area contributed by atoms with Crippen molar-refractivity contribution in [3.63, 3.8) is 0 Å². The van der Waals surface area contributed by atoms with Gasteiger partial charge in [-0.25, -0.2) is 0 Å². The molecule has 3 nitrogen and oxygen atoms in total. The van der Waals surface area contributed by atoms with Crippen LogP contribution in [0.2, 0.25) is 36.3 Å². The Bertz CT molecular complexity index is 528. The number of Topliss-reactive ketones (excluding diaryl/α,β-unsaturated/α-hetero) is 1. The lowest BCUT2D eigenvalue weighted by Crippen LogP contribution is -2.58. The second-order valence-electron chi connectivity index (χ2n) is 11.3. The SMILES string of the molecule is CC(C)(C)[Si](C)(C)O[C@H]1CC[C@H]2C(=O)CC[C@@]12O[Si](C)(C)C(C)(C)C. The number of carbonyl (C=O) groups is 1. The first-order valence-electron chi connectivity index (χ1n) is 9.94. The summed E-state index contributed by atoms with van der Waals surface area (Å²) in [6.45, 7) is 22.9. The Morgan fingerprint density at radius 2 is 1.44 bits per heavy atom. The Morgan fingerprint density at radius 3 is 1.92 bits per heavy atom. The highest BCUT2D eigenvalue weighted by atomic mass is 28.4. The van der Waals surface area contributed by atoms with Gasteiger partial charge in [-0.2, -0.15) is 0 Å². The van der Waals surface area contributed by atoms with Gasteiger partial charge in [-0.3, -0.25) is 4.79 Å². The summed E-state index contributed by atoms with van der Waals surface area (Å²) in [6, 6.07) is 0. The van der Waals surface area contributed by atoms with Crippen LogP contribution < -0.4 is 0 Å². The van der Waals surface area contributed by atoms with E-state index >= 15 is 0 Å². The molecule has 2 fully saturated rings. The zero-order valence-electron chi connectivity index (χ0n) is 18.2. The van der Waals surface area contributed by atoms with Gasteiger partial charge < -0.3 is 8.85 Å². The summed E-state index contributed by atoms with van der Waals surface area (Å²) < 4.78 is 13.9. The van der Waals surface area contributed by atoms with E-state index in [1.165, 1.54) is 0 Å². The second kappa shape index (κ2) is 6.28. The highest BCUT2D eigenvalue weighted by molar-refractivity contribution is 6.74. The lowest BCUT2D eigenvalue weighted by Gasteiger charge is -2.49. The second-order valence-corrected chi connectivity index (χ2v) is 20.8. The van der Waals surface area contributed by atoms with Crippen LogP contribution in [0.5, 0.6) is 0 Å². The first-order valence-corrected chi connectivity index (χ1v) is 15.8. The van der Waals surface area contributed by atoms with Crippen molar-refractivity contribution in [3.8, 4) is 0 Å². The quantitative estimate of drug-likeness (QED) is 0.565. The molecule has 3 atom stereocenters. The maximum Gasteiger partial charge on any atom is 0.192 e. The average molecular weight is 385 g/mol. The summed E-state index contributed by atoms with van der Waals surface area (Å²) in [5, 5.41) is 0.313. The van der Waals surface area contributed by atoms with Gasteiger partial charge in [0.2, 0.25) is 0 Å². The molecule has 0 aromatic heterocycles. The zero-order valence-corrected chi connectivity index (χ0v) is 20.2. The molecule has 2 aliphatic carbocycles. The van der Waals surface area contributed by atoms with E-state index in [-0.39, 0.29) is 27.7 Å². The van der Waals surface area contributed by atoms with Crippen molar-refractivity contribution in [3.05, 3.63) is 0 Å². The summed E-state index contributed by atoms with van der Waals surface area (Å²) in [6.07, 6.45) is 3.50. The number of carbonyl (C=O) groups excluding carboxylic acids is 1. The van der Waals surface area contributed by atoms with Crippen molar-refractivity contribution in [2.24, 2.45) is 5.92 Å². The summed E-state index contributed by atoms with van der Waals surface area (Å²) >= 11 is 0. The predicted octanol–water partition coefficient (Wildman–Crippen LogP) is 5.91. The van der Waals surface area contributed by atoms with Gasteiger partial charge in [0.1, 0.15) is 5.78 Å². The molecule has 0 N–H and O–H groups in total. The third-order valence-electron chi connectivity index (χ3n) is 7.50. The van der Waals surface area contributed by atoms with Crippen LogP contribution in [0.1, 0.15) is 67.2 Å². The Morgan fingerprint density at radius 1 is 0.920 bits per heavy atom. The average Bonchev–Trinajstić information content (AvgIpc) is 2.86. The third-order valence-corrected chi connectivity index (χ3v) is 16.5. The Kier molecular flexibility index (Phi) is 5.36. The Hall–Kier alpha value is 0.0238. The van der Waals surface area contributed by atoms with Gasteiger partial charge in [-0.1, -0.05) is 41.5 Å². The van der Waals surface area contributed by atoms with Gasteiger partial charge in [0.05, 0.1) is 11.7 Å². The number of hydrogen-bond donors (Lipinski definition) is 0. The van der Waals surface area contributed by atoms with Crippen LogP contribution in [-0.4, -0.2) is 34.1 Å². The first kappa shape index (κ1) is 21.3. The molecular formula is C20H40O3Si2. The number of hydrogen-bond acceptors (Lipinski definition) is 3. The summed E-state index contributed by atoms with van der Waals surface area (Å²) in [4.78, 5) is 12.6. The maximum absolute atomic E-state index is 12.6. The van der Waals surface area contributed by atoms with E-state index in [0.717, 1.165) is 19.3 Å². The number of fused-ring (bicyclic) bond motifs is 1. The van der Waals surface area contributed by atoms with Crippen molar-refractivity contribution in [2.45, 2.75) is 115 Å². The summed E-state index contributed by atoms with van der Waals surface area (Å²) in [7, 11) is -3.87. The third kappa shape index (κ3) is 3.71. The molecule has 0 unspecified atom stereocenters. The molecule has 0 saturated heterocycles. The van der Waals surface area contributed by atoms with Crippen molar-refractivity contribution < 1.29 is 13.6 Å². The van der Waals surface area contributed by atoms with E-state index in [4.69, 9.17) is 8.85 Å². The van der Waals surface area contributed by atoms with E-state index in [0.29, 0.717) is 12.2 Å². The normalized spacial score (nSPS) is 31.5. The number of rotatable bonds is 4. The summed E-state index contributed by atoms with van der Waals surface area (Å²) in [5.74, 6) is 0.455. The Balaban J connectivity index is 2.36. The van der Waals surface area contributed by atoms with Crippen LogP contribution in [0.15, 0.2) is 0 Å². The lowest BCUT2D eigenvalue weighted by molar-refractivity contribution is -0.124. The number of ketones is 1. The molecule has 0 spiro atoms. The molecule has 146 valence electrons. The van der Waals surface area contributed by atoms with Crippen LogP contribution in [0.4, 0.5) is 0 Å². The zero-order chi connectivity index (χ0) is 19.5. The van der Waals surface area contributed by atoms with Crippen LogP contribution in [-0.2, 0) is 13.6 Å². The van der Waals surface area contributed by atoms with Gasteiger partial charge in [-0.05, 0) is 55.5 Å². The van der Waals surface area contributed by atoms with Crippen molar-refractivity contribution >= 4 is 22.4 Å². The molecule has 25 heavy (non-hydrogen) atoms. The Labute approximate surface area is 157 Å². The fourth-order valence-electron chi connectivity index (χ4n) is 3.80. The van der Waals surface area contributed by atoms with Crippen LogP contribution >= 0.6 is 0 Å². The highest BCUT2D eigenvalue weighted by Crippen LogP contribution is 2.54. The smallest absolute Gasteiger partial charge is 0.192 e. The molecule has 0 radical (unpaired) electrons. The molecule has 0 aromatic carbocycles. The molecule has 2 aliphatic rings. The first-order chi connectivity index (χ1) is 11.0. The molecule has 0 bridgehead atoms. The minimum absolute atomic E-state index is 0.0522. The predicted molar refractivity (Wildman–Crippen MR) is 110 cm³/mol. The van der Waals surface area contributed by atoms with E-state index in [1.807, 2.05) is 0 Å². The molecule has 0 aromatic rings. The largest absolute Gasteiger partial charge is 0.411 e.